The highest BCUT2D eigenvalue weighted by Crippen LogP contribution is 2.47. The molecule has 0 fully saturated rings. The van der Waals surface area contributed by atoms with Crippen LogP contribution in [0.4, 0.5) is 34.6 Å². The molecule has 0 radical (unpaired) electrons. The van der Waals surface area contributed by atoms with Gasteiger partial charge < -0.3 is 4.90 Å². The van der Waals surface area contributed by atoms with Crippen molar-refractivity contribution < 1.29 is 0 Å². The van der Waals surface area contributed by atoms with Crippen molar-refractivity contribution in [3.05, 3.63) is 251 Å². The predicted octanol–water partition coefficient (Wildman–Crippen LogP) is 17.5. The van der Waals surface area contributed by atoms with Gasteiger partial charge in [-0.15, -0.1) is 0 Å². The van der Waals surface area contributed by atoms with E-state index < -0.39 is 0 Å². The summed E-state index contributed by atoms with van der Waals surface area (Å²) in [6, 6.07) is 71.4. The maximum Gasteiger partial charge on any atom is 0.241 e. The average Bonchev–Trinajstić information content (AvgIpc) is 3.44. The third kappa shape index (κ3) is 9.88. The molecule has 0 spiro atoms. The minimum absolute atomic E-state index is 0.353. The van der Waals surface area contributed by atoms with Crippen LogP contribution in [0, 0.1) is 55.4 Å². The number of rotatable bonds is 12. The Labute approximate surface area is 446 Å². The van der Waals surface area contributed by atoms with Crippen LogP contribution in [-0.4, -0.2) is 29.9 Å². The SMILES string of the molecule is Cc1cc(C)c(N(c2cc(C)c(N(c3nc(-c4ccccc4)nc(-c4ccccc4)n3)c3nc(-c4ccccc4)nc(-c4cc(-c5ccccc5)cc(-c5ccccc5)c4)n3)c(C)c2)c2c(C)cc(C)cc2C)c(C)c1. The first-order chi connectivity index (χ1) is 36.9. The van der Waals surface area contributed by atoms with E-state index in [9.17, 15) is 0 Å². The van der Waals surface area contributed by atoms with Crippen LogP contribution < -0.4 is 9.80 Å². The molecule has 8 heteroatoms. The van der Waals surface area contributed by atoms with Crippen molar-refractivity contribution in [1.29, 1.82) is 0 Å². The topological polar surface area (TPSA) is 83.8 Å². The largest absolute Gasteiger partial charge is 0.309 e. The number of aromatic nitrogens is 6. The van der Waals surface area contributed by atoms with Crippen molar-refractivity contribution in [3.8, 4) is 67.8 Å². The number of nitrogens with zero attached hydrogens (tertiary/aromatic N) is 8. The summed E-state index contributed by atoms with van der Waals surface area (Å²) < 4.78 is 0. The normalized spacial score (nSPS) is 11.2. The maximum atomic E-state index is 5.55. The molecule has 0 aliphatic rings. The molecule has 76 heavy (non-hydrogen) atoms. The van der Waals surface area contributed by atoms with E-state index in [1.54, 1.807) is 0 Å². The van der Waals surface area contributed by atoms with Gasteiger partial charge in [-0.1, -0.05) is 187 Å². The molecule has 0 saturated carbocycles. The van der Waals surface area contributed by atoms with Gasteiger partial charge in [-0.3, -0.25) is 0 Å². The van der Waals surface area contributed by atoms with Gasteiger partial charge in [0.15, 0.2) is 23.3 Å². The van der Waals surface area contributed by atoms with Gasteiger partial charge in [0.05, 0.1) is 17.1 Å². The van der Waals surface area contributed by atoms with E-state index in [1.807, 2.05) is 108 Å². The molecule has 9 aromatic carbocycles. The van der Waals surface area contributed by atoms with Gasteiger partial charge in [-0.05, 0) is 141 Å². The number of anilines is 6. The second-order valence-electron chi connectivity index (χ2n) is 19.8. The van der Waals surface area contributed by atoms with Gasteiger partial charge >= 0.3 is 0 Å². The first-order valence-electron chi connectivity index (χ1n) is 25.8. The fourth-order valence-electron chi connectivity index (χ4n) is 10.7. The molecule has 0 bridgehead atoms. The monoisotopic (exact) mass is 986 g/mol. The quantitative estimate of drug-likeness (QED) is 0.120. The van der Waals surface area contributed by atoms with Crippen LogP contribution in [0.3, 0.4) is 0 Å². The minimum atomic E-state index is 0.353. The van der Waals surface area contributed by atoms with Crippen LogP contribution in [0.1, 0.15) is 44.5 Å². The molecule has 0 amide bonds. The van der Waals surface area contributed by atoms with E-state index in [0.717, 1.165) is 78.4 Å². The standard InChI is InChI=1S/C68H58N8/c1-43-34-45(3)60(46(4)35-43)75(61-47(5)36-44(2)37-48(61)6)59-38-49(7)62(50(8)39-59)76(67-71-63(53-28-18-11-19-29-53)69-64(72-67)54-30-20-12-21-31-54)68-73-65(55-32-22-13-23-33-55)70-66(74-68)58-41-56(51-24-14-9-15-25-51)40-57(42-58)52-26-16-10-17-27-52/h9-42H,1-8H3. The second-order valence-corrected chi connectivity index (χ2v) is 19.8. The lowest BCUT2D eigenvalue weighted by Crippen LogP contribution is -2.21. The van der Waals surface area contributed by atoms with Gasteiger partial charge in [0.25, 0.3) is 0 Å². The fraction of sp³-hybridized carbons (Fsp3) is 0.118. The summed E-state index contributed by atoms with van der Waals surface area (Å²) in [5, 5.41) is 0. The molecule has 11 rings (SSSR count). The second kappa shape index (κ2) is 20.8. The lowest BCUT2D eigenvalue weighted by molar-refractivity contribution is 0.957. The Bertz CT molecular complexity index is 3660. The fourth-order valence-corrected chi connectivity index (χ4v) is 10.7. The maximum absolute atomic E-state index is 5.55. The molecular weight excluding hydrogens is 929 g/mol. The zero-order valence-corrected chi connectivity index (χ0v) is 44.2. The lowest BCUT2D eigenvalue weighted by atomic mass is 9.96. The molecule has 0 saturated heterocycles. The zero-order chi connectivity index (χ0) is 52.5. The van der Waals surface area contributed by atoms with Crippen LogP contribution in [0.25, 0.3) is 67.8 Å². The van der Waals surface area contributed by atoms with Crippen molar-refractivity contribution in [2.45, 2.75) is 55.4 Å². The van der Waals surface area contributed by atoms with Crippen molar-refractivity contribution in [2.75, 3.05) is 9.80 Å². The molecule has 0 unspecified atom stereocenters. The van der Waals surface area contributed by atoms with Crippen LogP contribution >= 0.6 is 0 Å². The molecule has 0 N–H and O–H groups in total. The number of hydrogen-bond acceptors (Lipinski definition) is 8. The Hall–Kier alpha value is -9.40. The zero-order valence-electron chi connectivity index (χ0n) is 44.2. The number of benzene rings is 9. The van der Waals surface area contributed by atoms with Crippen molar-refractivity contribution in [2.24, 2.45) is 0 Å². The summed E-state index contributed by atoms with van der Waals surface area (Å²) in [6.45, 7) is 17.5. The Balaban J connectivity index is 1.21. The molecule has 0 atom stereocenters. The molecule has 0 aliphatic carbocycles. The third-order valence-corrected chi connectivity index (χ3v) is 13.8. The summed E-state index contributed by atoms with van der Waals surface area (Å²) in [4.78, 5) is 36.7. The average molecular weight is 987 g/mol. The van der Waals surface area contributed by atoms with Crippen LogP contribution in [-0.2, 0) is 0 Å². The lowest BCUT2D eigenvalue weighted by Gasteiger charge is -2.33. The predicted molar refractivity (Wildman–Crippen MR) is 313 cm³/mol. The first-order valence-corrected chi connectivity index (χ1v) is 25.8. The van der Waals surface area contributed by atoms with E-state index in [1.165, 1.54) is 33.4 Å². The first kappa shape index (κ1) is 48.8. The van der Waals surface area contributed by atoms with E-state index in [2.05, 4.69) is 163 Å². The van der Waals surface area contributed by atoms with E-state index >= 15 is 0 Å². The van der Waals surface area contributed by atoms with E-state index in [4.69, 9.17) is 29.9 Å². The van der Waals surface area contributed by atoms with Crippen LogP contribution in [0.5, 0.6) is 0 Å². The Kier molecular flexibility index (Phi) is 13.4. The number of hydrogen-bond donors (Lipinski definition) is 0. The van der Waals surface area contributed by atoms with Gasteiger partial charge in [0, 0.05) is 27.9 Å². The summed E-state index contributed by atoms with van der Waals surface area (Å²) in [6.07, 6.45) is 0. The minimum Gasteiger partial charge on any atom is -0.309 e. The highest BCUT2D eigenvalue weighted by molar-refractivity contribution is 5.88. The van der Waals surface area contributed by atoms with Gasteiger partial charge in [-0.25, -0.2) is 14.9 Å². The smallest absolute Gasteiger partial charge is 0.241 e. The summed E-state index contributed by atoms with van der Waals surface area (Å²) in [5.74, 6) is 2.75. The highest BCUT2D eigenvalue weighted by atomic mass is 15.4. The Morgan fingerprint density at radius 2 is 0.500 bits per heavy atom. The summed E-state index contributed by atoms with van der Waals surface area (Å²) >= 11 is 0. The summed E-state index contributed by atoms with van der Waals surface area (Å²) in [5.41, 5.74) is 21.0. The molecule has 2 heterocycles. The van der Waals surface area contributed by atoms with Crippen molar-refractivity contribution in [3.63, 3.8) is 0 Å². The molecule has 370 valence electrons. The number of aryl methyl sites for hydroxylation is 8. The van der Waals surface area contributed by atoms with E-state index in [-0.39, 0.29) is 0 Å². The molecular formula is C68H58N8. The van der Waals surface area contributed by atoms with E-state index in [0.29, 0.717) is 35.2 Å². The summed E-state index contributed by atoms with van der Waals surface area (Å²) in [7, 11) is 0. The molecule has 8 nitrogen and oxygen atoms in total. The Morgan fingerprint density at radius 3 is 0.829 bits per heavy atom. The van der Waals surface area contributed by atoms with Gasteiger partial charge in [-0.2, -0.15) is 19.9 Å². The van der Waals surface area contributed by atoms with Crippen LogP contribution in [0.15, 0.2) is 206 Å². The molecule has 0 aliphatic heterocycles. The van der Waals surface area contributed by atoms with Crippen molar-refractivity contribution >= 4 is 34.6 Å². The third-order valence-electron chi connectivity index (χ3n) is 13.8. The van der Waals surface area contributed by atoms with Gasteiger partial charge in [0.1, 0.15) is 0 Å². The van der Waals surface area contributed by atoms with Crippen LogP contribution in [0.2, 0.25) is 0 Å². The Morgan fingerprint density at radius 1 is 0.237 bits per heavy atom. The molecule has 11 aromatic rings. The van der Waals surface area contributed by atoms with Gasteiger partial charge in [0.2, 0.25) is 11.9 Å². The highest BCUT2D eigenvalue weighted by Gasteiger charge is 2.29. The molecule has 2 aromatic heterocycles. The van der Waals surface area contributed by atoms with Crippen molar-refractivity contribution in [1.82, 2.24) is 29.9 Å².